The third-order valence-corrected chi connectivity index (χ3v) is 2.80. The third-order valence-electron chi connectivity index (χ3n) is 2.80. The van der Waals surface area contributed by atoms with Crippen LogP contribution in [0.3, 0.4) is 0 Å². The van der Waals surface area contributed by atoms with Crippen LogP contribution in [-0.4, -0.2) is 17.1 Å². The molecule has 0 unspecified atom stereocenters. The molecule has 0 bridgehead atoms. The van der Waals surface area contributed by atoms with E-state index in [-0.39, 0.29) is 0 Å². The van der Waals surface area contributed by atoms with Crippen molar-refractivity contribution in [2.45, 2.75) is 19.4 Å². The summed E-state index contributed by atoms with van der Waals surface area (Å²) in [4.78, 5) is 10.9. The van der Waals surface area contributed by atoms with Gasteiger partial charge in [-0.1, -0.05) is 37.3 Å². The van der Waals surface area contributed by atoms with Crippen LogP contribution in [0.1, 0.15) is 13.3 Å². The number of hydrogen-bond donors (Lipinski definition) is 2. The highest BCUT2D eigenvalue weighted by Crippen LogP contribution is 2.19. The van der Waals surface area contributed by atoms with Gasteiger partial charge in [-0.05, 0) is 29.3 Å². The number of fused-ring (bicyclic) bond motifs is 1. The lowest BCUT2D eigenvalue weighted by atomic mass is 10.1. The van der Waals surface area contributed by atoms with Gasteiger partial charge in [0.25, 0.3) is 0 Å². The average Bonchev–Trinajstić information content (AvgIpc) is 2.35. The summed E-state index contributed by atoms with van der Waals surface area (Å²) in [6.45, 7) is 1.85. The molecule has 17 heavy (non-hydrogen) atoms. The molecule has 2 aromatic carbocycles. The molecule has 3 heteroatoms. The van der Waals surface area contributed by atoms with Crippen LogP contribution in [0.4, 0.5) is 5.69 Å². The van der Waals surface area contributed by atoms with Crippen molar-refractivity contribution < 1.29 is 9.90 Å². The first-order chi connectivity index (χ1) is 8.20. The van der Waals surface area contributed by atoms with Crippen LogP contribution in [0.5, 0.6) is 0 Å². The van der Waals surface area contributed by atoms with E-state index in [0.29, 0.717) is 6.42 Å². The first-order valence-corrected chi connectivity index (χ1v) is 5.69. The van der Waals surface area contributed by atoms with Crippen molar-refractivity contribution >= 4 is 22.4 Å². The Morgan fingerprint density at radius 2 is 1.94 bits per heavy atom. The van der Waals surface area contributed by atoms with Crippen LogP contribution in [-0.2, 0) is 4.79 Å². The van der Waals surface area contributed by atoms with Crippen molar-refractivity contribution in [3.63, 3.8) is 0 Å². The quantitative estimate of drug-likeness (QED) is 0.846. The van der Waals surface area contributed by atoms with Gasteiger partial charge in [0.2, 0.25) is 0 Å². The molecule has 0 heterocycles. The van der Waals surface area contributed by atoms with Gasteiger partial charge in [0.15, 0.2) is 0 Å². The molecule has 0 aliphatic rings. The molecular formula is C14H15NO2. The molecule has 0 saturated heterocycles. The second kappa shape index (κ2) is 4.87. The van der Waals surface area contributed by atoms with Crippen molar-refractivity contribution in [3.8, 4) is 0 Å². The molecule has 2 N–H and O–H groups in total. The number of aliphatic carboxylic acids is 1. The van der Waals surface area contributed by atoms with Crippen LogP contribution >= 0.6 is 0 Å². The lowest BCUT2D eigenvalue weighted by Crippen LogP contribution is -2.28. The highest BCUT2D eigenvalue weighted by atomic mass is 16.4. The number of nitrogens with one attached hydrogen (secondary N) is 1. The second-order valence-corrected chi connectivity index (χ2v) is 4.01. The van der Waals surface area contributed by atoms with Crippen LogP contribution < -0.4 is 5.32 Å². The summed E-state index contributed by atoms with van der Waals surface area (Å²) < 4.78 is 0. The highest BCUT2D eigenvalue weighted by Gasteiger charge is 2.13. The van der Waals surface area contributed by atoms with E-state index in [1.54, 1.807) is 0 Å². The summed E-state index contributed by atoms with van der Waals surface area (Å²) in [5.41, 5.74) is 0.845. The van der Waals surface area contributed by atoms with Crippen LogP contribution in [0.25, 0.3) is 10.8 Å². The summed E-state index contributed by atoms with van der Waals surface area (Å²) >= 11 is 0. The standard InChI is InChI=1S/C14H15NO2/c1-2-13(14(16)17)15-12-8-7-10-5-3-4-6-11(10)9-12/h3-9,13,15H,2H2,1H3,(H,16,17)/t13-/m1/s1. The van der Waals surface area contributed by atoms with Crippen molar-refractivity contribution in [1.82, 2.24) is 0 Å². The number of carboxylic acids is 1. The first-order valence-electron chi connectivity index (χ1n) is 5.69. The van der Waals surface area contributed by atoms with Crippen LogP contribution in [0.15, 0.2) is 42.5 Å². The zero-order chi connectivity index (χ0) is 12.3. The highest BCUT2D eigenvalue weighted by molar-refractivity contribution is 5.86. The summed E-state index contributed by atoms with van der Waals surface area (Å²) in [5, 5.41) is 14.3. The monoisotopic (exact) mass is 229 g/mol. The fourth-order valence-electron chi connectivity index (χ4n) is 1.82. The van der Waals surface area contributed by atoms with Gasteiger partial charge in [-0.3, -0.25) is 0 Å². The fraction of sp³-hybridized carbons (Fsp3) is 0.214. The Balaban J connectivity index is 2.27. The molecule has 0 aromatic heterocycles. The minimum Gasteiger partial charge on any atom is -0.480 e. The molecule has 1 atom stereocenters. The van der Waals surface area contributed by atoms with E-state index < -0.39 is 12.0 Å². The van der Waals surface area contributed by atoms with Crippen molar-refractivity contribution in [2.75, 3.05) is 5.32 Å². The minimum atomic E-state index is -0.819. The van der Waals surface area contributed by atoms with Gasteiger partial charge in [-0.15, -0.1) is 0 Å². The summed E-state index contributed by atoms with van der Waals surface area (Å²) in [6.07, 6.45) is 0.558. The van der Waals surface area contributed by atoms with E-state index in [1.165, 1.54) is 0 Å². The topological polar surface area (TPSA) is 49.3 Å². The Kier molecular flexibility index (Phi) is 3.28. The number of anilines is 1. The number of carbonyl (C=O) groups is 1. The summed E-state index contributed by atoms with van der Waals surface area (Å²) in [5.74, 6) is -0.819. The molecule has 2 rings (SSSR count). The largest absolute Gasteiger partial charge is 0.480 e. The molecule has 3 nitrogen and oxygen atoms in total. The Labute approximate surface area is 100 Å². The lowest BCUT2D eigenvalue weighted by Gasteiger charge is -2.14. The van der Waals surface area contributed by atoms with Crippen molar-refractivity contribution in [1.29, 1.82) is 0 Å². The predicted octanol–water partition coefficient (Wildman–Crippen LogP) is 3.11. The summed E-state index contributed by atoms with van der Waals surface area (Å²) in [7, 11) is 0. The smallest absolute Gasteiger partial charge is 0.326 e. The molecule has 0 spiro atoms. The molecule has 2 aromatic rings. The Hall–Kier alpha value is -2.03. The van der Waals surface area contributed by atoms with Gasteiger partial charge in [-0.25, -0.2) is 4.79 Å². The second-order valence-electron chi connectivity index (χ2n) is 4.01. The molecule has 88 valence electrons. The molecule has 0 radical (unpaired) electrons. The average molecular weight is 229 g/mol. The van der Waals surface area contributed by atoms with Crippen LogP contribution in [0, 0.1) is 0 Å². The van der Waals surface area contributed by atoms with Gasteiger partial charge in [-0.2, -0.15) is 0 Å². The van der Waals surface area contributed by atoms with E-state index in [9.17, 15) is 4.79 Å². The number of benzene rings is 2. The SMILES string of the molecule is CC[C@@H](Nc1ccc2ccccc2c1)C(=O)O. The Morgan fingerprint density at radius 1 is 1.24 bits per heavy atom. The summed E-state index contributed by atoms with van der Waals surface area (Å²) in [6, 6.07) is 13.4. The van der Waals surface area contributed by atoms with Gasteiger partial charge in [0, 0.05) is 5.69 Å². The number of rotatable bonds is 4. The normalized spacial score (nSPS) is 12.3. The third kappa shape index (κ3) is 2.56. The number of hydrogen-bond acceptors (Lipinski definition) is 2. The Bertz CT molecular complexity index is 536. The minimum absolute atomic E-state index is 0.531. The molecule has 0 aliphatic carbocycles. The maximum absolute atomic E-state index is 10.9. The zero-order valence-electron chi connectivity index (χ0n) is 9.68. The van der Waals surface area contributed by atoms with Gasteiger partial charge < -0.3 is 10.4 Å². The molecule has 0 saturated carbocycles. The van der Waals surface area contributed by atoms with E-state index >= 15 is 0 Å². The Morgan fingerprint density at radius 3 is 2.59 bits per heavy atom. The zero-order valence-corrected chi connectivity index (χ0v) is 9.68. The van der Waals surface area contributed by atoms with Gasteiger partial charge in [0.05, 0.1) is 0 Å². The number of carboxylic acid groups (broad SMARTS) is 1. The van der Waals surface area contributed by atoms with E-state index in [1.807, 2.05) is 49.4 Å². The maximum Gasteiger partial charge on any atom is 0.326 e. The first kappa shape index (κ1) is 11.5. The van der Waals surface area contributed by atoms with Crippen molar-refractivity contribution in [2.24, 2.45) is 0 Å². The maximum atomic E-state index is 10.9. The van der Waals surface area contributed by atoms with Gasteiger partial charge in [0.1, 0.15) is 6.04 Å². The molecular weight excluding hydrogens is 214 g/mol. The molecule has 0 aliphatic heterocycles. The fourth-order valence-corrected chi connectivity index (χ4v) is 1.82. The lowest BCUT2D eigenvalue weighted by molar-refractivity contribution is -0.137. The van der Waals surface area contributed by atoms with E-state index in [2.05, 4.69) is 5.32 Å². The van der Waals surface area contributed by atoms with Gasteiger partial charge >= 0.3 is 5.97 Å². The van der Waals surface area contributed by atoms with Crippen molar-refractivity contribution in [3.05, 3.63) is 42.5 Å². The van der Waals surface area contributed by atoms with E-state index in [0.717, 1.165) is 16.5 Å². The van der Waals surface area contributed by atoms with Crippen LogP contribution in [0.2, 0.25) is 0 Å². The predicted molar refractivity (Wildman–Crippen MR) is 69.3 cm³/mol. The molecule has 0 fully saturated rings. The van der Waals surface area contributed by atoms with E-state index in [4.69, 9.17) is 5.11 Å². The molecule has 0 amide bonds.